The van der Waals surface area contributed by atoms with Crippen molar-refractivity contribution in [3.8, 4) is 0 Å². The Bertz CT molecular complexity index is 406. The number of nitrogens with zero attached hydrogens (tertiary/aromatic N) is 2. The second kappa shape index (κ2) is 5.17. The number of hydrogen-bond acceptors (Lipinski definition) is 3. The lowest BCUT2D eigenvalue weighted by Gasteiger charge is -2.37. The fraction of sp³-hybridized carbons (Fsp3) is 0.538. The SMILES string of the molecule is Cc1cnccc1N1CCCCC1CC(=O)O. The molecule has 1 saturated heterocycles. The summed E-state index contributed by atoms with van der Waals surface area (Å²) in [6.45, 7) is 2.97. The summed E-state index contributed by atoms with van der Waals surface area (Å²) >= 11 is 0. The molecule has 0 saturated carbocycles. The van der Waals surface area contributed by atoms with E-state index in [0.29, 0.717) is 0 Å². The molecule has 0 aliphatic carbocycles. The minimum atomic E-state index is -0.714. The highest BCUT2D eigenvalue weighted by Crippen LogP contribution is 2.28. The van der Waals surface area contributed by atoms with Gasteiger partial charge in [-0.1, -0.05) is 0 Å². The Morgan fingerprint density at radius 2 is 2.41 bits per heavy atom. The number of hydrogen-bond donors (Lipinski definition) is 1. The summed E-state index contributed by atoms with van der Waals surface area (Å²) < 4.78 is 0. The molecule has 0 radical (unpaired) electrons. The van der Waals surface area contributed by atoms with Crippen LogP contribution in [0.15, 0.2) is 18.5 Å². The van der Waals surface area contributed by atoms with Crippen LogP contribution in [0.2, 0.25) is 0 Å². The Labute approximate surface area is 101 Å². The molecule has 1 N–H and O–H groups in total. The van der Waals surface area contributed by atoms with Gasteiger partial charge in [0.25, 0.3) is 0 Å². The molecule has 4 nitrogen and oxygen atoms in total. The van der Waals surface area contributed by atoms with Gasteiger partial charge in [0, 0.05) is 30.7 Å². The Kier molecular flexibility index (Phi) is 3.61. The lowest BCUT2D eigenvalue weighted by atomic mass is 9.98. The predicted molar refractivity (Wildman–Crippen MR) is 66.2 cm³/mol. The van der Waals surface area contributed by atoms with Crippen molar-refractivity contribution < 1.29 is 9.90 Å². The predicted octanol–water partition coefficient (Wildman–Crippen LogP) is 2.22. The number of aliphatic carboxylic acids is 1. The lowest BCUT2D eigenvalue weighted by molar-refractivity contribution is -0.137. The first-order valence-corrected chi connectivity index (χ1v) is 6.07. The van der Waals surface area contributed by atoms with E-state index in [4.69, 9.17) is 5.11 Å². The maximum Gasteiger partial charge on any atom is 0.305 e. The van der Waals surface area contributed by atoms with E-state index in [1.165, 1.54) is 0 Å². The van der Waals surface area contributed by atoms with Crippen LogP contribution in [-0.4, -0.2) is 28.6 Å². The number of rotatable bonds is 3. The van der Waals surface area contributed by atoms with Crippen LogP contribution in [0.4, 0.5) is 5.69 Å². The fourth-order valence-electron chi connectivity index (χ4n) is 2.52. The van der Waals surface area contributed by atoms with Crippen molar-refractivity contribution >= 4 is 11.7 Å². The van der Waals surface area contributed by atoms with Gasteiger partial charge in [0.05, 0.1) is 6.42 Å². The Morgan fingerprint density at radius 1 is 1.59 bits per heavy atom. The minimum absolute atomic E-state index is 0.127. The summed E-state index contributed by atoms with van der Waals surface area (Å²) in [4.78, 5) is 17.2. The van der Waals surface area contributed by atoms with E-state index in [0.717, 1.165) is 37.1 Å². The quantitative estimate of drug-likeness (QED) is 0.871. The molecule has 1 fully saturated rings. The van der Waals surface area contributed by atoms with Crippen LogP contribution in [0.25, 0.3) is 0 Å². The molecule has 0 amide bonds. The van der Waals surface area contributed by atoms with Crippen LogP contribution in [0.5, 0.6) is 0 Å². The molecule has 0 spiro atoms. The standard InChI is InChI=1S/C13H18N2O2/c1-10-9-14-6-5-12(10)15-7-3-2-4-11(15)8-13(16)17/h5-6,9,11H,2-4,7-8H2,1H3,(H,16,17). The zero-order valence-corrected chi connectivity index (χ0v) is 10.1. The Morgan fingerprint density at radius 3 is 3.12 bits per heavy atom. The second-order valence-corrected chi connectivity index (χ2v) is 4.60. The van der Waals surface area contributed by atoms with E-state index in [1.54, 1.807) is 6.20 Å². The summed E-state index contributed by atoms with van der Waals surface area (Å²) in [5.74, 6) is -0.714. The zero-order valence-electron chi connectivity index (χ0n) is 10.1. The molecule has 1 atom stereocenters. The summed E-state index contributed by atoms with van der Waals surface area (Å²) in [5, 5.41) is 8.96. The Hall–Kier alpha value is -1.58. The fourth-order valence-corrected chi connectivity index (χ4v) is 2.52. The molecule has 1 aromatic heterocycles. The number of carbonyl (C=O) groups is 1. The van der Waals surface area contributed by atoms with E-state index in [2.05, 4.69) is 9.88 Å². The smallest absolute Gasteiger partial charge is 0.305 e. The van der Waals surface area contributed by atoms with Crippen molar-refractivity contribution in [2.24, 2.45) is 0 Å². The number of carboxylic acids is 1. The number of carboxylic acid groups (broad SMARTS) is 1. The van der Waals surface area contributed by atoms with Crippen molar-refractivity contribution in [3.63, 3.8) is 0 Å². The highest BCUT2D eigenvalue weighted by atomic mass is 16.4. The summed E-state index contributed by atoms with van der Waals surface area (Å²) in [6, 6.07) is 2.11. The normalized spacial score (nSPS) is 20.3. The van der Waals surface area contributed by atoms with Gasteiger partial charge in [0.1, 0.15) is 0 Å². The van der Waals surface area contributed by atoms with Crippen molar-refractivity contribution in [1.29, 1.82) is 0 Å². The van der Waals surface area contributed by atoms with Crippen LogP contribution in [-0.2, 0) is 4.79 Å². The highest BCUT2D eigenvalue weighted by molar-refractivity contribution is 5.69. The second-order valence-electron chi connectivity index (χ2n) is 4.60. The van der Waals surface area contributed by atoms with Crippen molar-refractivity contribution in [2.45, 2.75) is 38.6 Å². The average molecular weight is 234 g/mol. The molecule has 0 aromatic carbocycles. The number of piperidine rings is 1. The summed E-state index contributed by atoms with van der Waals surface area (Å²) in [6.07, 6.45) is 7.06. The molecule has 4 heteroatoms. The molecular weight excluding hydrogens is 216 g/mol. The van der Waals surface area contributed by atoms with E-state index in [1.807, 2.05) is 19.2 Å². The van der Waals surface area contributed by atoms with Crippen LogP contribution in [0, 0.1) is 6.92 Å². The highest BCUT2D eigenvalue weighted by Gasteiger charge is 2.25. The van der Waals surface area contributed by atoms with Gasteiger partial charge in [-0.05, 0) is 37.8 Å². The first-order valence-electron chi connectivity index (χ1n) is 6.07. The molecule has 2 heterocycles. The van der Waals surface area contributed by atoms with E-state index in [-0.39, 0.29) is 12.5 Å². The van der Waals surface area contributed by atoms with Gasteiger partial charge in [-0.3, -0.25) is 9.78 Å². The van der Waals surface area contributed by atoms with Crippen LogP contribution in [0.1, 0.15) is 31.2 Å². The van der Waals surface area contributed by atoms with Gasteiger partial charge in [-0.2, -0.15) is 0 Å². The molecular formula is C13H18N2O2. The van der Waals surface area contributed by atoms with Gasteiger partial charge in [-0.15, -0.1) is 0 Å². The number of aryl methyl sites for hydroxylation is 1. The van der Waals surface area contributed by atoms with Crippen molar-refractivity contribution in [3.05, 3.63) is 24.0 Å². The first-order chi connectivity index (χ1) is 8.18. The molecule has 0 bridgehead atoms. The molecule has 2 rings (SSSR count). The molecule has 92 valence electrons. The van der Waals surface area contributed by atoms with Crippen molar-refractivity contribution in [1.82, 2.24) is 4.98 Å². The summed E-state index contributed by atoms with van der Waals surface area (Å²) in [7, 11) is 0. The largest absolute Gasteiger partial charge is 0.481 e. The number of anilines is 1. The van der Waals surface area contributed by atoms with E-state index >= 15 is 0 Å². The van der Waals surface area contributed by atoms with E-state index in [9.17, 15) is 4.79 Å². The maximum atomic E-state index is 10.9. The third-order valence-corrected chi connectivity index (χ3v) is 3.34. The monoisotopic (exact) mass is 234 g/mol. The average Bonchev–Trinajstić information content (AvgIpc) is 2.30. The first kappa shape index (κ1) is 11.9. The number of pyridine rings is 1. The molecule has 1 aromatic rings. The van der Waals surface area contributed by atoms with Gasteiger partial charge >= 0.3 is 5.97 Å². The topological polar surface area (TPSA) is 53.4 Å². The molecule has 17 heavy (non-hydrogen) atoms. The van der Waals surface area contributed by atoms with Crippen LogP contribution in [0.3, 0.4) is 0 Å². The van der Waals surface area contributed by atoms with Gasteiger partial charge < -0.3 is 10.0 Å². The number of aromatic nitrogens is 1. The van der Waals surface area contributed by atoms with Gasteiger partial charge in [0.2, 0.25) is 0 Å². The third-order valence-electron chi connectivity index (χ3n) is 3.34. The third kappa shape index (κ3) is 2.75. The van der Waals surface area contributed by atoms with Crippen LogP contribution >= 0.6 is 0 Å². The molecule has 1 aliphatic rings. The van der Waals surface area contributed by atoms with Crippen molar-refractivity contribution in [2.75, 3.05) is 11.4 Å². The van der Waals surface area contributed by atoms with Crippen LogP contribution < -0.4 is 4.90 Å². The lowest BCUT2D eigenvalue weighted by Crippen LogP contribution is -2.41. The molecule has 1 unspecified atom stereocenters. The zero-order chi connectivity index (χ0) is 12.3. The van der Waals surface area contributed by atoms with Gasteiger partial charge in [0.15, 0.2) is 0 Å². The maximum absolute atomic E-state index is 10.9. The minimum Gasteiger partial charge on any atom is -0.481 e. The summed E-state index contributed by atoms with van der Waals surface area (Å²) in [5.41, 5.74) is 2.25. The van der Waals surface area contributed by atoms with E-state index < -0.39 is 5.97 Å². The molecule has 1 aliphatic heterocycles. The Balaban J connectivity index is 2.21. The van der Waals surface area contributed by atoms with Gasteiger partial charge in [-0.25, -0.2) is 0 Å².